The maximum absolute atomic E-state index is 12.3. The lowest BCUT2D eigenvalue weighted by Gasteiger charge is -2.10. The van der Waals surface area contributed by atoms with E-state index in [2.05, 4.69) is 10.1 Å². The highest BCUT2D eigenvalue weighted by Gasteiger charge is 2.15. The van der Waals surface area contributed by atoms with Crippen LogP contribution in [0.15, 0.2) is 22.0 Å². The Bertz CT molecular complexity index is 727. The summed E-state index contributed by atoms with van der Waals surface area (Å²) < 4.78 is 2.87. The molecule has 7 heteroatoms. The first-order valence-electron chi connectivity index (χ1n) is 6.40. The lowest BCUT2D eigenvalue weighted by Crippen LogP contribution is -2.38. The van der Waals surface area contributed by atoms with Gasteiger partial charge in [0.2, 0.25) is 0 Å². The highest BCUT2D eigenvalue weighted by atomic mass is 35.5. The highest BCUT2D eigenvalue weighted by molar-refractivity contribution is 6.30. The average Bonchev–Trinajstić information content (AvgIpc) is 2.73. The van der Waals surface area contributed by atoms with E-state index in [-0.39, 0.29) is 16.6 Å². The summed E-state index contributed by atoms with van der Waals surface area (Å²) in [6.45, 7) is 4.04. The Morgan fingerprint density at radius 3 is 2.65 bits per heavy atom. The van der Waals surface area contributed by atoms with E-state index in [1.807, 2.05) is 27.1 Å². The second kappa shape index (κ2) is 5.66. The van der Waals surface area contributed by atoms with E-state index < -0.39 is 5.69 Å². The van der Waals surface area contributed by atoms with Crippen LogP contribution in [-0.2, 0) is 20.0 Å². The van der Waals surface area contributed by atoms with Crippen molar-refractivity contribution in [3.05, 3.63) is 49.5 Å². The van der Waals surface area contributed by atoms with Gasteiger partial charge in [0.15, 0.2) is 0 Å². The van der Waals surface area contributed by atoms with E-state index in [1.165, 1.54) is 4.57 Å². The summed E-state index contributed by atoms with van der Waals surface area (Å²) in [5, 5.41) is 4.19. The lowest BCUT2D eigenvalue weighted by atomic mass is 10.1. The summed E-state index contributed by atoms with van der Waals surface area (Å²) in [7, 11) is 1.82. The van der Waals surface area contributed by atoms with E-state index in [0.29, 0.717) is 18.5 Å². The second-order valence-corrected chi connectivity index (χ2v) is 5.42. The minimum absolute atomic E-state index is 0.0449. The van der Waals surface area contributed by atoms with Crippen LogP contribution in [0.2, 0.25) is 5.15 Å². The number of aromatic nitrogens is 4. The van der Waals surface area contributed by atoms with Crippen LogP contribution in [0.1, 0.15) is 30.9 Å². The molecule has 0 aromatic carbocycles. The number of aryl methyl sites for hydroxylation is 2. The third kappa shape index (κ3) is 2.85. The van der Waals surface area contributed by atoms with Crippen molar-refractivity contribution < 1.29 is 0 Å². The van der Waals surface area contributed by atoms with Gasteiger partial charge in [0.1, 0.15) is 5.15 Å². The Morgan fingerprint density at radius 2 is 2.10 bits per heavy atom. The molecule has 0 radical (unpaired) electrons. The third-order valence-electron chi connectivity index (χ3n) is 3.13. The Kier molecular flexibility index (Phi) is 4.13. The maximum atomic E-state index is 12.3. The summed E-state index contributed by atoms with van der Waals surface area (Å²) in [5.74, 6) is -0.0449. The number of nitrogens with one attached hydrogen (secondary N) is 1. The Morgan fingerprint density at radius 1 is 1.40 bits per heavy atom. The second-order valence-electron chi connectivity index (χ2n) is 5.04. The predicted octanol–water partition coefficient (Wildman–Crippen LogP) is 1.29. The highest BCUT2D eigenvalue weighted by Crippen LogP contribution is 2.16. The van der Waals surface area contributed by atoms with E-state index >= 15 is 0 Å². The molecule has 2 heterocycles. The smallest absolute Gasteiger partial charge is 0.297 e. The molecule has 1 N–H and O–H groups in total. The maximum Gasteiger partial charge on any atom is 0.329 e. The van der Waals surface area contributed by atoms with Gasteiger partial charge in [-0.05, 0) is 17.9 Å². The zero-order valence-corrected chi connectivity index (χ0v) is 12.4. The van der Waals surface area contributed by atoms with Crippen LogP contribution < -0.4 is 11.2 Å². The third-order valence-corrected chi connectivity index (χ3v) is 3.43. The molecule has 0 aliphatic heterocycles. The average molecular weight is 297 g/mol. The topological polar surface area (TPSA) is 72.7 Å². The number of H-pyrrole nitrogens is 1. The first-order chi connectivity index (χ1) is 9.40. The monoisotopic (exact) mass is 296 g/mol. The molecular weight excluding hydrogens is 280 g/mol. The van der Waals surface area contributed by atoms with Crippen LogP contribution in [-0.4, -0.2) is 19.3 Å². The van der Waals surface area contributed by atoms with Gasteiger partial charge >= 0.3 is 5.69 Å². The van der Waals surface area contributed by atoms with Gasteiger partial charge in [-0.2, -0.15) is 5.10 Å². The summed E-state index contributed by atoms with van der Waals surface area (Å²) in [4.78, 5) is 26.7. The van der Waals surface area contributed by atoms with Gasteiger partial charge in [-0.25, -0.2) is 4.79 Å². The van der Waals surface area contributed by atoms with E-state index in [9.17, 15) is 9.59 Å². The molecule has 0 aliphatic carbocycles. The van der Waals surface area contributed by atoms with Crippen LogP contribution >= 0.6 is 11.6 Å². The first-order valence-corrected chi connectivity index (χ1v) is 6.78. The van der Waals surface area contributed by atoms with Crippen LogP contribution in [0, 0.1) is 0 Å². The number of aromatic amines is 1. The van der Waals surface area contributed by atoms with Crippen molar-refractivity contribution in [2.45, 2.75) is 32.7 Å². The van der Waals surface area contributed by atoms with Crippen molar-refractivity contribution in [2.75, 3.05) is 0 Å². The van der Waals surface area contributed by atoms with Gasteiger partial charge in [-0.15, -0.1) is 0 Å². The normalized spacial score (nSPS) is 11.2. The zero-order valence-electron chi connectivity index (χ0n) is 11.7. The molecule has 20 heavy (non-hydrogen) atoms. The largest absolute Gasteiger partial charge is 0.329 e. The zero-order chi connectivity index (χ0) is 14.9. The Hall–Kier alpha value is -1.82. The molecule has 0 aliphatic rings. The standard InChI is InChI=1S/C13H17ClN4O2/c1-8(2)10-11(14)16-13(20)18(12(10)19)5-4-9-6-15-17(3)7-9/h6-8H,4-5H2,1-3H3,(H,16,20). The summed E-state index contributed by atoms with van der Waals surface area (Å²) in [6, 6.07) is 0. The molecule has 0 saturated heterocycles. The van der Waals surface area contributed by atoms with Crippen molar-refractivity contribution in [3.63, 3.8) is 0 Å². The van der Waals surface area contributed by atoms with E-state index in [0.717, 1.165) is 5.56 Å². The fourth-order valence-electron chi connectivity index (χ4n) is 2.11. The minimum atomic E-state index is -0.478. The molecule has 2 rings (SSSR count). The number of rotatable bonds is 4. The molecule has 0 spiro atoms. The molecule has 0 saturated carbocycles. The number of hydrogen-bond acceptors (Lipinski definition) is 3. The van der Waals surface area contributed by atoms with E-state index in [4.69, 9.17) is 11.6 Å². The van der Waals surface area contributed by atoms with Crippen LogP contribution in [0.3, 0.4) is 0 Å². The molecule has 0 fully saturated rings. The number of hydrogen-bond donors (Lipinski definition) is 1. The lowest BCUT2D eigenvalue weighted by molar-refractivity contribution is 0.611. The van der Waals surface area contributed by atoms with Crippen molar-refractivity contribution in [3.8, 4) is 0 Å². The minimum Gasteiger partial charge on any atom is -0.297 e. The van der Waals surface area contributed by atoms with Crippen LogP contribution in [0.4, 0.5) is 0 Å². The molecule has 0 atom stereocenters. The molecule has 108 valence electrons. The van der Waals surface area contributed by atoms with Gasteiger partial charge < -0.3 is 0 Å². The van der Waals surface area contributed by atoms with Gasteiger partial charge in [-0.1, -0.05) is 25.4 Å². The number of nitrogens with zero attached hydrogens (tertiary/aromatic N) is 3. The summed E-state index contributed by atoms with van der Waals surface area (Å²) in [6.07, 6.45) is 4.15. The number of halogens is 1. The predicted molar refractivity (Wildman–Crippen MR) is 77.3 cm³/mol. The summed E-state index contributed by atoms with van der Waals surface area (Å²) >= 11 is 5.94. The summed E-state index contributed by atoms with van der Waals surface area (Å²) in [5.41, 5.74) is 0.614. The van der Waals surface area contributed by atoms with Crippen molar-refractivity contribution >= 4 is 11.6 Å². The molecule has 2 aromatic rings. The molecule has 2 aromatic heterocycles. The molecule has 0 amide bonds. The van der Waals surface area contributed by atoms with Gasteiger partial charge in [0, 0.05) is 19.8 Å². The first kappa shape index (κ1) is 14.6. The van der Waals surface area contributed by atoms with Crippen molar-refractivity contribution in [2.24, 2.45) is 7.05 Å². The molecule has 6 nitrogen and oxygen atoms in total. The van der Waals surface area contributed by atoms with Crippen LogP contribution in [0.25, 0.3) is 0 Å². The van der Waals surface area contributed by atoms with E-state index in [1.54, 1.807) is 10.9 Å². The van der Waals surface area contributed by atoms with Gasteiger partial charge in [0.05, 0.1) is 11.8 Å². The molecular formula is C13H17ClN4O2. The fourth-order valence-corrected chi connectivity index (χ4v) is 2.49. The molecule has 0 bridgehead atoms. The fraction of sp³-hybridized carbons (Fsp3) is 0.462. The molecule has 0 unspecified atom stereocenters. The van der Waals surface area contributed by atoms with Gasteiger partial charge in [-0.3, -0.25) is 19.0 Å². The van der Waals surface area contributed by atoms with Crippen molar-refractivity contribution in [1.82, 2.24) is 19.3 Å². The van der Waals surface area contributed by atoms with Crippen molar-refractivity contribution in [1.29, 1.82) is 0 Å². The Labute approximate surface area is 121 Å². The van der Waals surface area contributed by atoms with Gasteiger partial charge in [0.25, 0.3) is 5.56 Å². The Balaban J connectivity index is 2.34. The van der Waals surface area contributed by atoms with Crippen LogP contribution in [0.5, 0.6) is 0 Å². The quantitative estimate of drug-likeness (QED) is 0.864. The SMILES string of the molecule is CC(C)c1c(Cl)[nH]c(=O)n(CCc2cnn(C)c2)c1=O.